The second-order valence-electron chi connectivity index (χ2n) is 11.1. The number of hydrogen-bond acceptors (Lipinski definition) is 8. The molecule has 0 bridgehead atoms. The zero-order valence-corrected chi connectivity index (χ0v) is 24.6. The first-order valence-electron chi connectivity index (χ1n) is 13.1. The first kappa shape index (κ1) is 28.6. The molecule has 0 saturated carbocycles. The van der Waals surface area contributed by atoms with Crippen LogP contribution in [0.3, 0.4) is 0 Å². The highest BCUT2D eigenvalue weighted by atomic mass is 35.5. The van der Waals surface area contributed by atoms with Gasteiger partial charge in [-0.1, -0.05) is 17.7 Å². The molecule has 2 aromatic carbocycles. The van der Waals surface area contributed by atoms with Gasteiger partial charge in [-0.15, -0.1) is 11.3 Å². The van der Waals surface area contributed by atoms with Crippen molar-refractivity contribution in [2.75, 3.05) is 11.1 Å². The van der Waals surface area contributed by atoms with E-state index in [1.165, 1.54) is 28.2 Å². The highest BCUT2D eigenvalue weighted by Gasteiger charge is 2.50. The van der Waals surface area contributed by atoms with Crippen molar-refractivity contribution in [3.05, 3.63) is 80.3 Å². The number of hydrogen-bond donors (Lipinski definition) is 3. The molecule has 0 aliphatic carbocycles. The molecular weight excluding hydrogens is 600 g/mol. The fourth-order valence-corrected chi connectivity index (χ4v) is 6.26. The second-order valence-corrected chi connectivity index (χ2v) is 12.4. The van der Waals surface area contributed by atoms with Crippen molar-refractivity contribution in [1.82, 2.24) is 24.7 Å². The van der Waals surface area contributed by atoms with Crippen molar-refractivity contribution in [3.63, 3.8) is 0 Å². The third-order valence-electron chi connectivity index (χ3n) is 7.57. The molecule has 0 spiro atoms. The summed E-state index contributed by atoms with van der Waals surface area (Å²) in [6.07, 6.45) is 0.176. The molecule has 0 fully saturated rings. The van der Waals surface area contributed by atoms with Gasteiger partial charge in [-0.2, -0.15) is 5.10 Å². The lowest BCUT2D eigenvalue weighted by atomic mass is 9.85. The Balaban J connectivity index is 1.42. The predicted molar refractivity (Wildman–Crippen MR) is 158 cm³/mol. The molecular formula is C29H24ClF2N7O3S. The molecule has 4 heterocycles. The summed E-state index contributed by atoms with van der Waals surface area (Å²) in [6.45, 7) is 4.86. The van der Waals surface area contributed by atoms with Crippen molar-refractivity contribution in [1.29, 1.82) is 0 Å². The number of amides is 1. The lowest BCUT2D eigenvalue weighted by Crippen LogP contribution is -2.33. The number of rotatable bonds is 7. The molecule has 0 radical (unpaired) electrons. The molecule has 1 amide bonds. The number of carboxylic acids is 1. The van der Waals surface area contributed by atoms with E-state index < -0.39 is 34.3 Å². The maximum absolute atomic E-state index is 14.5. The summed E-state index contributed by atoms with van der Waals surface area (Å²) in [5, 5.41) is 20.1. The van der Waals surface area contributed by atoms with E-state index >= 15 is 0 Å². The number of nitrogens with zero attached hydrogens (tertiary/aromatic N) is 5. The van der Waals surface area contributed by atoms with Crippen LogP contribution in [0.2, 0.25) is 5.02 Å². The molecule has 3 aromatic heterocycles. The quantitative estimate of drug-likeness (QED) is 0.217. The van der Waals surface area contributed by atoms with Gasteiger partial charge in [0.05, 0.1) is 28.7 Å². The maximum Gasteiger partial charge on any atom is 0.309 e. The third kappa shape index (κ3) is 4.78. The van der Waals surface area contributed by atoms with Gasteiger partial charge in [0, 0.05) is 33.8 Å². The van der Waals surface area contributed by atoms with Crippen molar-refractivity contribution in [2.24, 2.45) is 5.41 Å². The first-order chi connectivity index (χ1) is 20.3. The van der Waals surface area contributed by atoms with Gasteiger partial charge in [0.1, 0.15) is 39.4 Å². The summed E-state index contributed by atoms with van der Waals surface area (Å²) in [5.41, 5.74) is 6.10. The molecule has 6 rings (SSSR count). The van der Waals surface area contributed by atoms with Crippen LogP contribution in [0.1, 0.15) is 42.6 Å². The highest BCUT2D eigenvalue weighted by molar-refractivity contribution is 7.10. The summed E-state index contributed by atoms with van der Waals surface area (Å²) in [4.78, 5) is 38.8. The molecule has 14 heteroatoms. The number of carbonyl (C=O) groups excluding carboxylic acids is 1. The summed E-state index contributed by atoms with van der Waals surface area (Å²) < 4.78 is 29.5. The Labute approximate surface area is 252 Å². The number of nitrogens with one attached hydrogen (secondary N) is 1. The van der Waals surface area contributed by atoms with Crippen molar-refractivity contribution >= 4 is 57.4 Å². The Kier molecular flexibility index (Phi) is 6.69. The van der Waals surface area contributed by atoms with Gasteiger partial charge in [0.2, 0.25) is 5.91 Å². The topological polar surface area (TPSA) is 149 Å². The molecule has 5 aromatic rings. The number of thiazole rings is 1. The molecule has 220 valence electrons. The zero-order valence-electron chi connectivity index (χ0n) is 23.1. The highest BCUT2D eigenvalue weighted by Crippen LogP contribution is 2.46. The van der Waals surface area contributed by atoms with Gasteiger partial charge in [0.15, 0.2) is 5.82 Å². The first-order valence-corrected chi connectivity index (χ1v) is 14.3. The van der Waals surface area contributed by atoms with Crippen LogP contribution in [0.5, 0.6) is 0 Å². The average Bonchev–Trinajstić information content (AvgIpc) is 3.60. The minimum Gasteiger partial charge on any atom is -0.481 e. The third-order valence-corrected chi connectivity index (χ3v) is 8.91. The number of carboxylic acid groups (broad SMARTS) is 1. The lowest BCUT2D eigenvalue weighted by Gasteiger charge is -2.20. The molecule has 4 N–H and O–H groups in total. The number of anilines is 2. The van der Waals surface area contributed by atoms with Crippen LogP contribution in [-0.2, 0) is 28.0 Å². The van der Waals surface area contributed by atoms with E-state index in [9.17, 15) is 23.5 Å². The van der Waals surface area contributed by atoms with E-state index in [-0.39, 0.29) is 36.0 Å². The summed E-state index contributed by atoms with van der Waals surface area (Å²) in [6, 6.07) is 8.37. The minimum atomic E-state index is -1.32. The van der Waals surface area contributed by atoms with Crippen molar-refractivity contribution in [3.8, 4) is 11.5 Å². The number of halogens is 3. The van der Waals surface area contributed by atoms with Gasteiger partial charge < -0.3 is 16.2 Å². The van der Waals surface area contributed by atoms with Crippen LogP contribution >= 0.6 is 22.9 Å². The van der Waals surface area contributed by atoms with E-state index in [0.717, 1.165) is 6.07 Å². The predicted octanol–water partition coefficient (Wildman–Crippen LogP) is 5.42. The van der Waals surface area contributed by atoms with Crippen LogP contribution in [0.4, 0.5) is 20.4 Å². The smallest absolute Gasteiger partial charge is 0.309 e. The number of aromatic nitrogens is 5. The number of nitrogens with two attached hydrogens (primary N) is 1. The van der Waals surface area contributed by atoms with Gasteiger partial charge in [-0.05, 0) is 45.0 Å². The SMILES string of the molecule is CC(C)(Cc1csc([C@]2(C)C(=O)Nc3nc(-c4nn(Cc5ccc(F)cc5F)c5cc(Cl)ccc45)nc(N)c32)n1)C(=O)O. The van der Waals surface area contributed by atoms with Crippen LogP contribution in [0.15, 0.2) is 41.8 Å². The average molecular weight is 624 g/mol. The van der Waals surface area contributed by atoms with Gasteiger partial charge >= 0.3 is 5.97 Å². The minimum absolute atomic E-state index is 0.0246. The van der Waals surface area contributed by atoms with E-state index in [0.29, 0.717) is 37.9 Å². The number of fused-ring (bicyclic) bond motifs is 2. The second kappa shape index (κ2) is 10.1. The summed E-state index contributed by atoms with van der Waals surface area (Å²) >= 11 is 7.49. The van der Waals surface area contributed by atoms with Crippen molar-refractivity contribution in [2.45, 2.75) is 39.2 Å². The van der Waals surface area contributed by atoms with Gasteiger partial charge in [0.25, 0.3) is 0 Å². The van der Waals surface area contributed by atoms with E-state index in [2.05, 4.69) is 25.4 Å². The van der Waals surface area contributed by atoms with E-state index in [4.69, 9.17) is 17.3 Å². The standard InChI is InChI=1S/C29H24ClF2N7O3S/c1-28(2,27(41)42)10-16-12-43-26(34-16)29(3)20-22(33)35-24(36-23(20)37-25(29)40)21-17-7-5-14(30)8-19(17)39(38-21)11-13-4-6-15(31)9-18(13)32/h4-9,12H,10-11H2,1-3H3,(H,41,42)(H3,33,35,36,37,40)/t29-/m0/s1. The molecule has 0 unspecified atom stereocenters. The van der Waals surface area contributed by atoms with E-state index in [1.54, 1.807) is 44.4 Å². The van der Waals surface area contributed by atoms with Crippen LogP contribution in [0, 0.1) is 17.0 Å². The molecule has 10 nitrogen and oxygen atoms in total. The molecule has 1 aliphatic rings. The maximum atomic E-state index is 14.5. The van der Waals surface area contributed by atoms with Crippen molar-refractivity contribution < 1.29 is 23.5 Å². The number of carbonyl (C=O) groups is 2. The molecule has 0 saturated heterocycles. The molecule has 1 aliphatic heterocycles. The lowest BCUT2D eigenvalue weighted by molar-refractivity contribution is -0.146. The van der Waals surface area contributed by atoms with Crippen LogP contribution in [-0.4, -0.2) is 41.7 Å². The van der Waals surface area contributed by atoms with Gasteiger partial charge in [-0.25, -0.2) is 23.7 Å². The molecule has 1 atom stereocenters. The number of benzene rings is 2. The monoisotopic (exact) mass is 623 g/mol. The normalized spacial score (nSPS) is 16.5. The Morgan fingerprint density at radius 1 is 1.19 bits per heavy atom. The Bertz CT molecular complexity index is 1980. The number of nitrogen functional groups attached to an aromatic ring is 1. The van der Waals surface area contributed by atoms with Gasteiger partial charge in [-0.3, -0.25) is 14.3 Å². The summed E-state index contributed by atoms with van der Waals surface area (Å²) in [7, 11) is 0. The van der Waals surface area contributed by atoms with Crippen LogP contribution < -0.4 is 11.1 Å². The zero-order chi connectivity index (χ0) is 30.8. The largest absolute Gasteiger partial charge is 0.481 e. The fraction of sp³-hybridized carbons (Fsp3) is 0.241. The fourth-order valence-electron chi connectivity index (χ4n) is 5.11. The Hall–Kier alpha value is -4.49. The summed E-state index contributed by atoms with van der Waals surface area (Å²) in [5.74, 6) is -2.43. The van der Waals surface area contributed by atoms with E-state index in [1.807, 2.05) is 0 Å². The Morgan fingerprint density at radius 3 is 2.67 bits per heavy atom. The number of aliphatic carboxylic acids is 1. The van der Waals surface area contributed by atoms with Crippen LogP contribution in [0.25, 0.3) is 22.4 Å². The molecule has 43 heavy (non-hydrogen) atoms. The Morgan fingerprint density at radius 2 is 1.95 bits per heavy atom.